The molecule has 0 amide bonds. The first-order valence-corrected chi connectivity index (χ1v) is 19.0. The second kappa shape index (κ2) is 11.6. The van der Waals surface area contributed by atoms with E-state index in [2.05, 4.69) is 124 Å². The molecule has 4 fully saturated rings. The van der Waals surface area contributed by atoms with Crippen LogP contribution < -0.4 is 0 Å². The van der Waals surface area contributed by atoms with Crippen LogP contribution in [0.25, 0.3) is 56.4 Å². The molecule has 0 atom stereocenters. The van der Waals surface area contributed by atoms with E-state index in [9.17, 15) is 5.26 Å². The van der Waals surface area contributed by atoms with Crippen molar-refractivity contribution < 1.29 is 0 Å². The van der Waals surface area contributed by atoms with Gasteiger partial charge in [-0.05, 0) is 124 Å². The smallest absolute Gasteiger partial charge is 0.164 e. The summed E-state index contributed by atoms with van der Waals surface area (Å²) in [6, 6.07) is 43.6. The lowest BCUT2D eigenvalue weighted by Gasteiger charge is -2.61. The van der Waals surface area contributed by atoms with Crippen molar-refractivity contribution in [2.75, 3.05) is 0 Å². The number of hydrogen-bond acceptors (Lipinski definition) is 4. The highest BCUT2D eigenvalue weighted by Gasteiger charge is 2.61. The molecular formula is C48H42N4. The third-order valence-corrected chi connectivity index (χ3v) is 12.9. The van der Waals surface area contributed by atoms with Crippen LogP contribution in [0.2, 0.25) is 0 Å². The number of rotatable bonds is 4. The molecule has 4 heteroatoms. The molecule has 11 rings (SSSR count). The molecule has 1 spiro atoms. The van der Waals surface area contributed by atoms with E-state index in [4.69, 9.17) is 15.0 Å². The highest BCUT2D eigenvalue weighted by Crippen LogP contribution is 2.69. The minimum atomic E-state index is 0.0135. The first kappa shape index (κ1) is 31.3. The van der Waals surface area contributed by atoms with Crippen LogP contribution in [0, 0.1) is 35.0 Å². The molecule has 0 unspecified atom stereocenters. The molecule has 4 bridgehead atoms. The summed E-state index contributed by atoms with van der Waals surface area (Å²) >= 11 is 0. The minimum absolute atomic E-state index is 0.0135. The summed E-state index contributed by atoms with van der Waals surface area (Å²) < 4.78 is 0. The van der Waals surface area contributed by atoms with Crippen LogP contribution in [0.4, 0.5) is 0 Å². The maximum atomic E-state index is 9.84. The van der Waals surface area contributed by atoms with Crippen LogP contribution in [0.1, 0.15) is 75.1 Å². The Balaban J connectivity index is 1.06. The van der Waals surface area contributed by atoms with Crippen molar-refractivity contribution in [3.8, 4) is 62.5 Å². The molecule has 0 radical (unpaired) electrons. The van der Waals surface area contributed by atoms with Crippen LogP contribution in [-0.4, -0.2) is 15.0 Å². The molecule has 5 aliphatic rings. The molecule has 4 saturated carbocycles. The molecule has 254 valence electrons. The van der Waals surface area contributed by atoms with E-state index < -0.39 is 0 Å². The summed E-state index contributed by atoms with van der Waals surface area (Å²) in [5, 5.41) is 9.84. The molecule has 0 saturated heterocycles. The Morgan fingerprint density at radius 2 is 1.13 bits per heavy atom. The van der Waals surface area contributed by atoms with Crippen molar-refractivity contribution in [3.63, 3.8) is 0 Å². The first-order valence-electron chi connectivity index (χ1n) is 19.0. The Hall–Kier alpha value is -5.40. The van der Waals surface area contributed by atoms with Gasteiger partial charge in [-0.1, -0.05) is 112 Å². The zero-order chi connectivity index (χ0) is 35.2. The molecule has 5 aliphatic carbocycles. The highest BCUT2D eigenvalue weighted by molar-refractivity contribution is 5.85. The predicted molar refractivity (Wildman–Crippen MR) is 208 cm³/mol. The number of aromatic nitrogens is 3. The van der Waals surface area contributed by atoms with E-state index in [0.29, 0.717) is 29.3 Å². The average Bonchev–Trinajstić information content (AvgIpc) is 3.46. The summed E-state index contributed by atoms with van der Waals surface area (Å²) in [5.41, 5.74) is 13.0. The van der Waals surface area contributed by atoms with Gasteiger partial charge < -0.3 is 0 Å². The fourth-order valence-electron chi connectivity index (χ4n) is 10.7. The van der Waals surface area contributed by atoms with E-state index in [1.165, 1.54) is 71.0 Å². The van der Waals surface area contributed by atoms with Gasteiger partial charge in [-0.25, -0.2) is 15.0 Å². The van der Waals surface area contributed by atoms with Crippen LogP contribution >= 0.6 is 0 Å². The van der Waals surface area contributed by atoms with Crippen LogP contribution in [0.3, 0.4) is 0 Å². The van der Waals surface area contributed by atoms with E-state index >= 15 is 0 Å². The standard InChI is InChI=1S/C48H42N4/c1-47(2,3)37-11-7-10-36(26-37)46-51-44(33-8-5-4-6-9-33)50-45(52-46)34-15-13-32(14-16-34)35-17-18-40-41-25-29(28-49)12-19-42(41)48(43(40)27-35)38-21-30-20-31(23-38)24-39(48)22-30/h4-19,25-27,30-31,38-39H,20-24H2,1-3H3. The zero-order valence-corrected chi connectivity index (χ0v) is 30.1. The molecule has 4 nitrogen and oxygen atoms in total. The average molecular weight is 675 g/mol. The summed E-state index contributed by atoms with van der Waals surface area (Å²) in [5.74, 6) is 5.14. The Labute approximate surface area is 306 Å². The van der Waals surface area contributed by atoms with Gasteiger partial charge in [0.1, 0.15) is 0 Å². The van der Waals surface area contributed by atoms with Crippen LogP contribution in [-0.2, 0) is 10.8 Å². The molecule has 0 N–H and O–H groups in total. The largest absolute Gasteiger partial charge is 0.208 e. The first-order chi connectivity index (χ1) is 25.3. The Morgan fingerprint density at radius 1 is 0.538 bits per heavy atom. The van der Waals surface area contributed by atoms with Crippen molar-refractivity contribution in [3.05, 3.63) is 138 Å². The normalized spacial score (nSPS) is 23.7. The second-order valence-corrected chi connectivity index (χ2v) is 16.9. The lowest BCUT2D eigenvalue weighted by Crippen LogP contribution is -2.55. The molecule has 6 aromatic rings. The summed E-state index contributed by atoms with van der Waals surface area (Å²) in [6.45, 7) is 6.69. The molecule has 0 aliphatic heterocycles. The van der Waals surface area contributed by atoms with Gasteiger partial charge in [0.15, 0.2) is 17.5 Å². The summed E-state index contributed by atoms with van der Waals surface area (Å²) in [7, 11) is 0. The third kappa shape index (κ3) is 4.82. The molecule has 1 heterocycles. The van der Waals surface area contributed by atoms with Gasteiger partial charge >= 0.3 is 0 Å². The van der Waals surface area contributed by atoms with Gasteiger partial charge in [0.25, 0.3) is 0 Å². The predicted octanol–water partition coefficient (Wildman–Crippen LogP) is 11.4. The number of hydrogen-bond donors (Lipinski definition) is 0. The van der Waals surface area contributed by atoms with Gasteiger partial charge in [0.2, 0.25) is 0 Å². The molecule has 52 heavy (non-hydrogen) atoms. The van der Waals surface area contributed by atoms with Gasteiger partial charge in [-0.3, -0.25) is 0 Å². The summed E-state index contributed by atoms with van der Waals surface area (Å²) in [4.78, 5) is 15.1. The SMILES string of the molecule is CC(C)(C)c1cccc(-c2nc(-c3ccccc3)nc(-c3ccc(-c4ccc5c(c4)C4(c6ccc(C#N)cc6-5)C5CC6CC(C5)CC4C6)cc3)n2)c1. The van der Waals surface area contributed by atoms with Crippen molar-refractivity contribution >= 4 is 0 Å². The molecule has 1 aromatic heterocycles. The van der Waals surface area contributed by atoms with Gasteiger partial charge in [-0.2, -0.15) is 5.26 Å². The second-order valence-electron chi connectivity index (χ2n) is 16.9. The third-order valence-electron chi connectivity index (χ3n) is 12.9. The van der Waals surface area contributed by atoms with Crippen molar-refractivity contribution in [1.29, 1.82) is 5.26 Å². The Kier molecular flexibility index (Phi) is 6.97. The monoisotopic (exact) mass is 674 g/mol. The lowest BCUT2D eigenvalue weighted by molar-refractivity contribution is -0.0399. The van der Waals surface area contributed by atoms with Gasteiger partial charge in [0, 0.05) is 22.1 Å². The van der Waals surface area contributed by atoms with Crippen molar-refractivity contribution in [2.24, 2.45) is 23.7 Å². The maximum Gasteiger partial charge on any atom is 0.164 e. The van der Waals surface area contributed by atoms with Gasteiger partial charge in [-0.15, -0.1) is 0 Å². The van der Waals surface area contributed by atoms with E-state index in [0.717, 1.165) is 34.1 Å². The molecule has 5 aromatic carbocycles. The highest BCUT2D eigenvalue weighted by atomic mass is 15.0. The fraction of sp³-hybridized carbons (Fsp3) is 0.292. The van der Waals surface area contributed by atoms with E-state index in [1.807, 2.05) is 18.2 Å². The van der Waals surface area contributed by atoms with E-state index in [1.54, 1.807) is 0 Å². The Bertz CT molecular complexity index is 2380. The van der Waals surface area contributed by atoms with Crippen molar-refractivity contribution in [2.45, 2.75) is 63.7 Å². The zero-order valence-electron chi connectivity index (χ0n) is 30.1. The van der Waals surface area contributed by atoms with Crippen molar-refractivity contribution in [1.82, 2.24) is 15.0 Å². The fourth-order valence-corrected chi connectivity index (χ4v) is 10.7. The summed E-state index contributed by atoms with van der Waals surface area (Å²) in [6.07, 6.45) is 6.78. The maximum absolute atomic E-state index is 9.84. The quantitative estimate of drug-likeness (QED) is 0.187. The molecular weight excluding hydrogens is 633 g/mol. The number of fused-ring (bicyclic) bond motifs is 3. The number of nitriles is 1. The van der Waals surface area contributed by atoms with Gasteiger partial charge in [0.05, 0.1) is 11.6 Å². The lowest BCUT2D eigenvalue weighted by atomic mass is 9.43. The topological polar surface area (TPSA) is 62.5 Å². The number of benzene rings is 5. The minimum Gasteiger partial charge on any atom is -0.208 e. The van der Waals surface area contributed by atoms with Crippen LogP contribution in [0.5, 0.6) is 0 Å². The van der Waals surface area contributed by atoms with E-state index in [-0.39, 0.29) is 10.8 Å². The Morgan fingerprint density at radius 3 is 1.79 bits per heavy atom. The van der Waals surface area contributed by atoms with Crippen LogP contribution in [0.15, 0.2) is 115 Å². The number of nitrogens with zero attached hydrogens (tertiary/aromatic N) is 4.